The zero-order chi connectivity index (χ0) is 15.5. The van der Waals surface area contributed by atoms with E-state index in [1.807, 2.05) is 6.92 Å². The van der Waals surface area contributed by atoms with E-state index in [-0.39, 0.29) is 24.1 Å². The molecular formula is C15H19NO4S. The number of benzene rings is 1. The van der Waals surface area contributed by atoms with Crippen LogP contribution < -0.4 is 0 Å². The number of hydrogen-bond donors (Lipinski definition) is 0. The summed E-state index contributed by atoms with van der Waals surface area (Å²) in [6, 6.07) is 8.07. The molecule has 6 heteroatoms. The fraction of sp³-hybridized carbons (Fsp3) is 0.400. The Morgan fingerprint density at radius 3 is 2.62 bits per heavy atom. The van der Waals surface area contributed by atoms with Crippen molar-refractivity contribution in [1.29, 1.82) is 0 Å². The van der Waals surface area contributed by atoms with Crippen molar-refractivity contribution in [2.75, 3.05) is 13.2 Å². The predicted octanol–water partition coefficient (Wildman–Crippen LogP) is 1.96. The minimum atomic E-state index is -3.61. The van der Waals surface area contributed by atoms with Crippen molar-refractivity contribution in [3.63, 3.8) is 0 Å². The van der Waals surface area contributed by atoms with Gasteiger partial charge in [-0.3, -0.25) is 0 Å². The molecule has 1 aliphatic heterocycles. The molecule has 1 atom stereocenters. The van der Waals surface area contributed by atoms with Crippen molar-refractivity contribution >= 4 is 16.0 Å². The molecule has 0 N–H and O–H groups in total. The molecule has 0 amide bonds. The first kappa shape index (κ1) is 15.7. The van der Waals surface area contributed by atoms with Crippen LogP contribution in [0.4, 0.5) is 0 Å². The van der Waals surface area contributed by atoms with Gasteiger partial charge in [0.15, 0.2) is 0 Å². The van der Waals surface area contributed by atoms with Crippen LogP contribution in [-0.2, 0) is 19.6 Å². The number of carbonyl (C=O) groups excluding carboxylic acids is 1. The van der Waals surface area contributed by atoms with E-state index in [0.29, 0.717) is 12.0 Å². The molecule has 1 aromatic rings. The lowest BCUT2D eigenvalue weighted by atomic mass is 10.1. The number of rotatable bonds is 4. The van der Waals surface area contributed by atoms with Crippen LogP contribution in [0.2, 0.25) is 0 Å². The monoisotopic (exact) mass is 309 g/mol. The van der Waals surface area contributed by atoms with Gasteiger partial charge in [0, 0.05) is 18.2 Å². The third-order valence-electron chi connectivity index (χ3n) is 3.41. The first-order valence-corrected chi connectivity index (χ1v) is 8.34. The summed E-state index contributed by atoms with van der Waals surface area (Å²) in [5, 5.41) is 0. The standard InChI is InChI=1S/C15H19NO4S/c1-3-20-15(17)13-10-9-12(2)16(11-13)21(18,19)14-7-5-4-6-8-14/h4-8,10,12H,3,9,11H2,1-2H3/t12-/m0/s1. The molecule has 0 aromatic heterocycles. The number of ether oxygens (including phenoxy) is 1. The normalized spacial score (nSPS) is 19.9. The van der Waals surface area contributed by atoms with E-state index in [0.717, 1.165) is 0 Å². The Bertz CT molecular complexity index is 637. The van der Waals surface area contributed by atoms with Crippen molar-refractivity contribution < 1.29 is 17.9 Å². The molecule has 21 heavy (non-hydrogen) atoms. The average Bonchev–Trinajstić information content (AvgIpc) is 2.48. The lowest BCUT2D eigenvalue weighted by molar-refractivity contribution is -0.138. The highest BCUT2D eigenvalue weighted by Crippen LogP contribution is 2.25. The summed E-state index contributed by atoms with van der Waals surface area (Å²) in [4.78, 5) is 12.0. The molecular weight excluding hydrogens is 290 g/mol. The maximum atomic E-state index is 12.7. The minimum Gasteiger partial charge on any atom is -0.463 e. The highest BCUT2D eigenvalue weighted by Gasteiger charge is 2.33. The summed E-state index contributed by atoms with van der Waals surface area (Å²) >= 11 is 0. The topological polar surface area (TPSA) is 63.7 Å². The van der Waals surface area contributed by atoms with E-state index in [4.69, 9.17) is 4.74 Å². The van der Waals surface area contributed by atoms with Crippen LogP contribution in [0.5, 0.6) is 0 Å². The highest BCUT2D eigenvalue weighted by molar-refractivity contribution is 7.89. The van der Waals surface area contributed by atoms with Gasteiger partial charge >= 0.3 is 5.97 Å². The van der Waals surface area contributed by atoms with Gasteiger partial charge in [0.2, 0.25) is 10.0 Å². The van der Waals surface area contributed by atoms with Crippen LogP contribution in [-0.4, -0.2) is 37.9 Å². The maximum Gasteiger partial charge on any atom is 0.335 e. The Labute approximate surface area is 125 Å². The van der Waals surface area contributed by atoms with Gasteiger partial charge in [0.25, 0.3) is 0 Å². The van der Waals surface area contributed by atoms with Crippen molar-refractivity contribution in [2.24, 2.45) is 0 Å². The van der Waals surface area contributed by atoms with Gasteiger partial charge in [-0.2, -0.15) is 4.31 Å². The first-order chi connectivity index (χ1) is 9.96. The van der Waals surface area contributed by atoms with Crippen LogP contribution >= 0.6 is 0 Å². The molecule has 1 aromatic carbocycles. The van der Waals surface area contributed by atoms with Crippen molar-refractivity contribution in [2.45, 2.75) is 31.2 Å². The molecule has 2 rings (SSSR count). The molecule has 0 saturated heterocycles. The smallest absolute Gasteiger partial charge is 0.335 e. The summed E-state index contributed by atoms with van der Waals surface area (Å²) in [6.07, 6.45) is 2.26. The first-order valence-electron chi connectivity index (χ1n) is 6.90. The van der Waals surface area contributed by atoms with Crippen LogP contribution in [0.25, 0.3) is 0 Å². The van der Waals surface area contributed by atoms with Gasteiger partial charge in [0.05, 0.1) is 11.5 Å². The van der Waals surface area contributed by atoms with Crippen molar-refractivity contribution in [3.05, 3.63) is 42.0 Å². The summed E-state index contributed by atoms with van der Waals surface area (Å²) in [5.41, 5.74) is 0.398. The summed E-state index contributed by atoms with van der Waals surface area (Å²) < 4.78 is 31.7. The van der Waals surface area contributed by atoms with E-state index < -0.39 is 16.0 Å². The van der Waals surface area contributed by atoms with Crippen LogP contribution in [0.1, 0.15) is 20.3 Å². The van der Waals surface area contributed by atoms with Gasteiger partial charge in [-0.25, -0.2) is 13.2 Å². The van der Waals surface area contributed by atoms with Crippen LogP contribution in [0, 0.1) is 0 Å². The van der Waals surface area contributed by atoms with Gasteiger partial charge < -0.3 is 4.74 Å². The number of nitrogens with zero attached hydrogens (tertiary/aromatic N) is 1. The second-order valence-electron chi connectivity index (χ2n) is 4.90. The minimum absolute atomic E-state index is 0.0528. The number of esters is 1. The summed E-state index contributed by atoms with van der Waals surface area (Å²) in [7, 11) is -3.61. The Hall–Kier alpha value is -1.66. The molecule has 0 aliphatic carbocycles. The fourth-order valence-electron chi connectivity index (χ4n) is 2.24. The Balaban J connectivity index is 2.28. The van der Waals surface area contributed by atoms with Gasteiger partial charge in [-0.15, -0.1) is 0 Å². The number of hydrogen-bond acceptors (Lipinski definition) is 4. The zero-order valence-electron chi connectivity index (χ0n) is 12.2. The molecule has 0 unspecified atom stereocenters. The Morgan fingerprint density at radius 1 is 1.33 bits per heavy atom. The quantitative estimate of drug-likeness (QED) is 0.798. The van der Waals surface area contributed by atoms with Crippen molar-refractivity contribution in [3.8, 4) is 0 Å². The molecule has 1 aliphatic rings. The lowest BCUT2D eigenvalue weighted by Crippen LogP contribution is -2.43. The number of carbonyl (C=O) groups is 1. The predicted molar refractivity (Wildman–Crippen MR) is 79.1 cm³/mol. The molecule has 0 saturated carbocycles. The zero-order valence-corrected chi connectivity index (χ0v) is 13.0. The third kappa shape index (κ3) is 3.33. The highest BCUT2D eigenvalue weighted by atomic mass is 32.2. The average molecular weight is 309 g/mol. The van der Waals surface area contributed by atoms with Crippen molar-refractivity contribution in [1.82, 2.24) is 4.31 Å². The summed E-state index contributed by atoms with van der Waals surface area (Å²) in [6.45, 7) is 3.88. The molecule has 0 radical (unpaired) electrons. The van der Waals surface area contributed by atoms with E-state index >= 15 is 0 Å². The largest absolute Gasteiger partial charge is 0.463 e. The molecule has 0 bridgehead atoms. The molecule has 0 spiro atoms. The second-order valence-corrected chi connectivity index (χ2v) is 6.79. The van der Waals surface area contributed by atoms with E-state index in [1.54, 1.807) is 43.3 Å². The third-order valence-corrected chi connectivity index (χ3v) is 5.38. The molecule has 114 valence electrons. The fourth-order valence-corrected chi connectivity index (χ4v) is 3.88. The van der Waals surface area contributed by atoms with E-state index in [9.17, 15) is 13.2 Å². The SMILES string of the molecule is CCOC(=O)C1=CC[C@H](C)N(S(=O)(=O)c2ccccc2)C1. The van der Waals surface area contributed by atoms with Gasteiger partial charge in [-0.05, 0) is 32.4 Å². The van der Waals surface area contributed by atoms with Crippen LogP contribution in [0.3, 0.4) is 0 Å². The number of sulfonamides is 1. The maximum absolute atomic E-state index is 12.7. The summed E-state index contributed by atoms with van der Waals surface area (Å²) in [5.74, 6) is -0.447. The molecule has 0 fully saturated rings. The Kier molecular flexibility index (Phi) is 4.80. The van der Waals surface area contributed by atoms with Gasteiger partial charge in [0.1, 0.15) is 0 Å². The van der Waals surface area contributed by atoms with Crippen LogP contribution in [0.15, 0.2) is 46.9 Å². The molecule has 1 heterocycles. The van der Waals surface area contributed by atoms with E-state index in [2.05, 4.69) is 0 Å². The lowest BCUT2D eigenvalue weighted by Gasteiger charge is -2.31. The second kappa shape index (κ2) is 6.41. The van der Waals surface area contributed by atoms with E-state index in [1.165, 1.54) is 4.31 Å². The molecule has 5 nitrogen and oxygen atoms in total. The van der Waals surface area contributed by atoms with Gasteiger partial charge in [-0.1, -0.05) is 24.3 Å². The Morgan fingerprint density at radius 2 is 2.00 bits per heavy atom.